The molecule has 0 saturated carbocycles. The van der Waals surface area contributed by atoms with Crippen LogP contribution in [0, 0.1) is 0 Å². The predicted molar refractivity (Wildman–Crippen MR) is 53.1 cm³/mol. The SMILES string of the molecule is C=CC(C)NC(=O)N(C)C(C)C(=O)O. The van der Waals surface area contributed by atoms with Crippen molar-refractivity contribution >= 4 is 12.0 Å². The van der Waals surface area contributed by atoms with Crippen molar-refractivity contribution in [1.82, 2.24) is 10.2 Å². The molecular weight excluding hydrogens is 184 g/mol. The van der Waals surface area contributed by atoms with Crippen molar-refractivity contribution in [3.05, 3.63) is 12.7 Å². The number of amides is 2. The van der Waals surface area contributed by atoms with Crippen molar-refractivity contribution in [2.24, 2.45) is 0 Å². The van der Waals surface area contributed by atoms with Crippen molar-refractivity contribution in [2.75, 3.05) is 7.05 Å². The van der Waals surface area contributed by atoms with E-state index in [0.29, 0.717) is 0 Å². The molecule has 2 unspecified atom stereocenters. The molecule has 2 N–H and O–H groups in total. The molecule has 0 fully saturated rings. The lowest BCUT2D eigenvalue weighted by Crippen LogP contribution is -2.47. The number of nitrogens with one attached hydrogen (secondary N) is 1. The Morgan fingerprint density at radius 2 is 2.00 bits per heavy atom. The number of carbonyl (C=O) groups excluding carboxylic acids is 1. The number of hydrogen-bond acceptors (Lipinski definition) is 2. The van der Waals surface area contributed by atoms with Gasteiger partial charge < -0.3 is 15.3 Å². The molecule has 2 amide bonds. The number of rotatable bonds is 4. The van der Waals surface area contributed by atoms with Gasteiger partial charge in [-0.2, -0.15) is 0 Å². The number of nitrogens with zero attached hydrogens (tertiary/aromatic N) is 1. The van der Waals surface area contributed by atoms with Crippen molar-refractivity contribution in [2.45, 2.75) is 25.9 Å². The topological polar surface area (TPSA) is 69.6 Å². The molecule has 14 heavy (non-hydrogen) atoms. The molecule has 0 aromatic carbocycles. The maximum Gasteiger partial charge on any atom is 0.326 e. The fourth-order valence-electron chi connectivity index (χ4n) is 0.697. The molecule has 0 bridgehead atoms. The van der Waals surface area contributed by atoms with Crippen LogP contribution in [0.25, 0.3) is 0 Å². The van der Waals surface area contributed by atoms with E-state index < -0.39 is 18.0 Å². The third-order valence-corrected chi connectivity index (χ3v) is 1.96. The fourth-order valence-corrected chi connectivity index (χ4v) is 0.697. The Hall–Kier alpha value is -1.52. The van der Waals surface area contributed by atoms with Crippen LogP contribution in [0.1, 0.15) is 13.8 Å². The molecule has 5 heteroatoms. The van der Waals surface area contributed by atoms with E-state index in [0.717, 1.165) is 4.90 Å². The van der Waals surface area contributed by atoms with Gasteiger partial charge in [-0.05, 0) is 13.8 Å². The normalized spacial score (nSPS) is 13.9. The van der Waals surface area contributed by atoms with Gasteiger partial charge in [-0.3, -0.25) is 0 Å². The third kappa shape index (κ3) is 3.47. The number of urea groups is 1. The minimum atomic E-state index is -1.03. The van der Waals surface area contributed by atoms with E-state index in [-0.39, 0.29) is 6.04 Å². The largest absolute Gasteiger partial charge is 0.480 e. The molecule has 0 aliphatic heterocycles. The lowest BCUT2D eigenvalue weighted by molar-refractivity contribution is -0.141. The minimum Gasteiger partial charge on any atom is -0.480 e. The summed E-state index contributed by atoms with van der Waals surface area (Å²) in [5.41, 5.74) is 0. The molecule has 0 aliphatic carbocycles. The van der Waals surface area contributed by atoms with Gasteiger partial charge in [0.05, 0.1) is 0 Å². The zero-order chi connectivity index (χ0) is 11.3. The van der Waals surface area contributed by atoms with Gasteiger partial charge in [0, 0.05) is 13.1 Å². The monoisotopic (exact) mass is 200 g/mol. The van der Waals surface area contributed by atoms with Crippen molar-refractivity contribution in [3.63, 3.8) is 0 Å². The minimum absolute atomic E-state index is 0.175. The number of likely N-dealkylation sites (N-methyl/N-ethyl adjacent to an activating group) is 1. The van der Waals surface area contributed by atoms with Crippen LogP contribution in [-0.2, 0) is 4.79 Å². The van der Waals surface area contributed by atoms with E-state index in [4.69, 9.17) is 5.11 Å². The maximum atomic E-state index is 11.4. The molecule has 0 rings (SSSR count). The van der Waals surface area contributed by atoms with Crippen molar-refractivity contribution < 1.29 is 14.7 Å². The Labute approximate surface area is 83.4 Å². The van der Waals surface area contributed by atoms with Crippen molar-refractivity contribution in [1.29, 1.82) is 0 Å². The quantitative estimate of drug-likeness (QED) is 0.655. The molecule has 0 saturated heterocycles. The number of hydrogen-bond donors (Lipinski definition) is 2. The standard InChI is InChI=1S/C9H16N2O3/c1-5-6(2)10-9(14)11(4)7(3)8(12)13/h5-7H,1H2,2-4H3,(H,10,14)(H,12,13). The highest BCUT2D eigenvalue weighted by Gasteiger charge is 2.21. The third-order valence-electron chi connectivity index (χ3n) is 1.96. The van der Waals surface area contributed by atoms with Crippen LogP contribution in [0.5, 0.6) is 0 Å². The zero-order valence-electron chi connectivity index (χ0n) is 8.65. The Kier molecular flexibility index (Phi) is 4.69. The first-order valence-corrected chi connectivity index (χ1v) is 4.28. The lowest BCUT2D eigenvalue weighted by atomic mass is 10.3. The first-order chi connectivity index (χ1) is 6.40. The predicted octanol–water partition coefficient (Wildman–Crippen LogP) is 0.675. The smallest absolute Gasteiger partial charge is 0.326 e. The van der Waals surface area contributed by atoms with Crippen LogP contribution in [-0.4, -0.2) is 41.1 Å². The van der Waals surface area contributed by atoms with Gasteiger partial charge in [-0.25, -0.2) is 9.59 Å². The number of carboxylic acid groups (broad SMARTS) is 1. The Bertz CT molecular complexity index is 240. The fraction of sp³-hybridized carbons (Fsp3) is 0.556. The summed E-state index contributed by atoms with van der Waals surface area (Å²) in [5.74, 6) is -1.03. The van der Waals surface area contributed by atoms with E-state index in [1.54, 1.807) is 13.0 Å². The van der Waals surface area contributed by atoms with Crippen LogP contribution in [0.3, 0.4) is 0 Å². The average molecular weight is 200 g/mol. The van der Waals surface area contributed by atoms with Crippen LogP contribution >= 0.6 is 0 Å². The van der Waals surface area contributed by atoms with Gasteiger partial charge in [0.15, 0.2) is 0 Å². The van der Waals surface area contributed by atoms with Gasteiger partial charge in [-0.1, -0.05) is 6.08 Å². The van der Waals surface area contributed by atoms with Gasteiger partial charge in [0.1, 0.15) is 6.04 Å². The van der Waals surface area contributed by atoms with E-state index in [9.17, 15) is 9.59 Å². The van der Waals surface area contributed by atoms with Gasteiger partial charge >= 0.3 is 12.0 Å². The number of carbonyl (C=O) groups is 2. The Morgan fingerprint density at radius 3 is 2.36 bits per heavy atom. The summed E-state index contributed by atoms with van der Waals surface area (Å²) in [6, 6.07) is -1.44. The van der Waals surface area contributed by atoms with Crippen LogP contribution in [0.4, 0.5) is 4.79 Å². The summed E-state index contributed by atoms with van der Waals surface area (Å²) in [6.07, 6.45) is 1.57. The molecule has 0 radical (unpaired) electrons. The van der Waals surface area contributed by atoms with E-state index in [2.05, 4.69) is 11.9 Å². The second-order valence-corrected chi connectivity index (χ2v) is 3.10. The summed E-state index contributed by atoms with van der Waals surface area (Å²) < 4.78 is 0. The molecule has 2 atom stereocenters. The highest BCUT2D eigenvalue weighted by molar-refractivity contribution is 5.82. The van der Waals surface area contributed by atoms with Crippen LogP contribution in [0.15, 0.2) is 12.7 Å². The Morgan fingerprint density at radius 1 is 1.50 bits per heavy atom. The summed E-state index contributed by atoms with van der Waals surface area (Å²) in [7, 11) is 1.43. The van der Waals surface area contributed by atoms with Crippen molar-refractivity contribution in [3.8, 4) is 0 Å². The molecule has 0 aliphatic rings. The second kappa shape index (κ2) is 5.26. The Balaban J connectivity index is 4.25. The van der Waals surface area contributed by atoms with E-state index in [1.165, 1.54) is 14.0 Å². The van der Waals surface area contributed by atoms with Gasteiger partial charge in [0.25, 0.3) is 0 Å². The number of carboxylic acids is 1. The van der Waals surface area contributed by atoms with E-state index in [1.807, 2.05) is 0 Å². The summed E-state index contributed by atoms with van der Waals surface area (Å²) in [4.78, 5) is 23.0. The van der Waals surface area contributed by atoms with E-state index >= 15 is 0 Å². The summed E-state index contributed by atoms with van der Waals surface area (Å²) in [5, 5.41) is 11.2. The maximum absolute atomic E-state index is 11.4. The molecule has 0 aromatic rings. The van der Waals surface area contributed by atoms with Gasteiger partial charge in [0.2, 0.25) is 0 Å². The highest BCUT2D eigenvalue weighted by atomic mass is 16.4. The molecule has 5 nitrogen and oxygen atoms in total. The summed E-state index contributed by atoms with van der Waals surface area (Å²) >= 11 is 0. The van der Waals surface area contributed by atoms with Crippen LogP contribution in [0.2, 0.25) is 0 Å². The molecule has 80 valence electrons. The highest BCUT2D eigenvalue weighted by Crippen LogP contribution is 1.97. The molecular formula is C9H16N2O3. The molecule has 0 aromatic heterocycles. The lowest BCUT2D eigenvalue weighted by Gasteiger charge is -2.23. The first-order valence-electron chi connectivity index (χ1n) is 4.28. The van der Waals surface area contributed by atoms with Crippen LogP contribution < -0.4 is 5.32 Å². The molecule has 0 spiro atoms. The second-order valence-electron chi connectivity index (χ2n) is 3.10. The zero-order valence-corrected chi connectivity index (χ0v) is 8.65. The van der Waals surface area contributed by atoms with Gasteiger partial charge in [-0.15, -0.1) is 6.58 Å². The average Bonchev–Trinajstić information content (AvgIpc) is 2.14. The summed E-state index contributed by atoms with van der Waals surface area (Å²) in [6.45, 7) is 6.70. The number of aliphatic carboxylic acids is 1. The first kappa shape index (κ1) is 12.5. The molecule has 0 heterocycles.